The zero-order valence-corrected chi connectivity index (χ0v) is 17.5. The molecule has 2 atom stereocenters. The Hall–Kier alpha value is -1.59. The van der Waals surface area contributed by atoms with Crippen molar-refractivity contribution in [2.75, 3.05) is 33.4 Å². The average molecular weight is 422 g/mol. The molecule has 1 aliphatic carbocycles. The number of ether oxygens (including phenoxy) is 2. The van der Waals surface area contributed by atoms with E-state index in [0.717, 1.165) is 37.2 Å². The molecule has 0 bridgehead atoms. The summed E-state index contributed by atoms with van der Waals surface area (Å²) in [5, 5.41) is 0.522. The summed E-state index contributed by atoms with van der Waals surface area (Å²) in [7, 11) is 1.64. The van der Waals surface area contributed by atoms with Crippen molar-refractivity contribution in [1.29, 1.82) is 0 Å². The number of methoxy groups -OCH3 is 1. The lowest BCUT2D eigenvalue weighted by atomic mass is 9.76. The fourth-order valence-electron chi connectivity index (χ4n) is 4.43. The minimum Gasteiger partial charge on any atom is -0.496 e. The van der Waals surface area contributed by atoms with Gasteiger partial charge in [0, 0.05) is 36.2 Å². The number of carbonyl (C=O) groups is 1. The summed E-state index contributed by atoms with van der Waals surface area (Å²) < 4.78 is 11.0. The molecule has 2 aromatic rings. The van der Waals surface area contributed by atoms with Crippen molar-refractivity contribution >= 4 is 29.8 Å². The highest BCUT2D eigenvalue weighted by atomic mass is 35.5. The second kappa shape index (κ2) is 9.27. The van der Waals surface area contributed by atoms with Crippen molar-refractivity contribution in [2.24, 2.45) is 5.92 Å². The highest BCUT2D eigenvalue weighted by Crippen LogP contribution is 2.42. The summed E-state index contributed by atoms with van der Waals surface area (Å²) >= 11 is 6.46. The van der Waals surface area contributed by atoms with Crippen molar-refractivity contribution in [1.82, 2.24) is 4.90 Å². The molecule has 0 spiro atoms. The summed E-state index contributed by atoms with van der Waals surface area (Å²) in [5.74, 6) is 0.756. The molecule has 150 valence electrons. The van der Waals surface area contributed by atoms with Gasteiger partial charge >= 0.3 is 0 Å². The topological polar surface area (TPSA) is 38.8 Å². The Morgan fingerprint density at radius 2 is 1.86 bits per heavy atom. The van der Waals surface area contributed by atoms with Gasteiger partial charge in [-0.15, -0.1) is 12.4 Å². The maximum atomic E-state index is 13.6. The van der Waals surface area contributed by atoms with Gasteiger partial charge in [-0.3, -0.25) is 9.69 Å². The van der Waals surface area contributed by atoms with Crippen molar-refractivity contribution < 1.29 is 14.3 Å². The number of carbonyl (C=O) groups excluding carboxylic acids is 1. The van der Waals surface area contributed by atoms with Crippen LogP contribution in [0.4, 0.5) is 0 Å². The number of hydrogen-bond donors (Lipinski definition) is 0. The van der Waals surface area contributed by atoms with Gasteiger partial charge in [-0.1, -0.05) is 41.9 Å². The monoisotopic (exact) mass is 421 g/mol. The van der Waals surface area contributed by atoms with Gasteiger partial charge in [0.1, 0.15) is 5.75 Å². The van der Waals surface area contributed by atoms with Crippen LogP contribution in [0.3, 0.4) is 0 Å². The molecular weight excluding hydrogens is 397 g/mol. The minimum absolute atomic E-state index is 0. The molecule has 0 aromatic heterocycles. The first-order valence-corrected chi connectivity index (χ1v) is 9.85. The number of halogens is 2. The summed E-state index contributed by atoms with van der Waals surface area (Å²) in [5.41, 5.74) is 2.77. The van der Waals surface area contributed by atoms with Gasteiger partial charge in [-0.25, -0.2) is 0 Å². The summed E-state index contributed by atoms with van der Waals surface area (Å²) in [6.45, 7) is 3.08. The van der Waals surface area contributed by atoms with E-state index in [-0.39, 0.29) is 30.2 Å². The molecule has 0 radical (unpaired) electrons. The van der Waals surface area contributed by atoms with Crippen LogP contribution in [0.25, 0.3) is 0 Å². The van der Waals surface area contributed by atoms with Gasteiger partial charge < -0.3 is 9.47 Å². The van der Waals surface area contributed by atoms with E-state index in [1.807, 2.05) is 24.3 Å². The Kier molecular flexibility index (Phi) is 7.00. The molecule has 0 saturated carbocycles. The number of benzene rings is 2. The van der Waals surface area contributed by atoms with Gasteiger partial charge in [0.15, 0.2) is 5.78 Å². The van der Waals surface area contributed by atoms with E-state index in [9.17, 15) is 4.79 Å². The second-order valence-corrected chi connectivity index (χ2v) is 7.52. The molecular formula is C22H25Cl2NO3. The van der Waals surface area contributed by atoms with E-state index in [4.69, 9.17) is 21.1 Å². The molecule has 1 saturated heterocycles. The predicted octanol–water partition coefficient (Wildman–Crippen LogP) is 4.59. The van der Waals surface area contributed by atoms with Crippen LogP contribution in [0.2, 0.25) is 5.02 Å². The first kappa shape index (κ1) is 21.1. The summed E-state index contributed by atoms with van der Waals surface area (Å²) in [6, 6.07) is 14.0. The number of morpholine rings is 1. The summed E-state index contributed by atoms with van der Waals surface area (Å²) in [4.78, 5) is 16.0. The van der Waals surface area contributed by atoms with Gasteiger partial charge in [0.25, 0.3) is 0 Å². The lowest BCUT2D eigenvalue weighted by Gasteiger charge is -2.40. The SMILES string of the molecule is COc1ccc(Cl)c2c1CCC(C(c1ccccc1)N1CCOCC1)C2=O.Cl. The van der Waals surface area contributed by atoms with E-state index in [2.05, 4.69) is 17.0 Å². The smallest absolute Gasteiger partial charge is 0.169 e. The Labute approximate surface area is 177 Å². The van der Waals surface area contributed by atoms with Crippen molar-refractivity contribution in [3.8, 4) is 5.75 Å². The van der Waals surface area contributed by atoms with Crippen molar-refractivity contribution in [3.05, 3.63) is 64.2 Å². The lowest BCUT2D eigenvalue weighted by molar-refractivity contribution is 0.00162. The maximum absolute atomic E-state index is 13.6. The Morgan fingerprint density at radius 1 is 1.14 bits per heavy atom. The Morgan fingerprint density at radius 3 is 2.54 bits per heavy atom. The third kappa shape index (κ3) is 3.92. The van der Waals surface area contributed by atoms with Crippen LogP contribution in [0.5, 0.6) is 5.75 Å². The molecule has 1 fully saturated rings. The average Bonchev–Trinajstić information content (AvgIpc) is 2.72. The molecule has 4 rings (SSSR count). The van der Waals surface area contributed by atoms with E-state index < -0.39 is 0 Å². The van der Waals surface area contributed by atoms with Crippen LogP contribution >= 0.6 is 24.0 Å². The third-order valence-corrected chi connectivity index (χ3v) is 6.00. The van der Waals surface area contributed by atoms with Crippen LogP contribution in [0.1, 0.15) is 33.9 Å². The van der Waals surface area contributed by atoms with E-state index in [0.29, 0.717) is 23.8 Å². The summed E-state index contributed by atoms with van der Waals surface area (Å²) in [6.07, 6.45) is 1.59. The molecule has 2 aromatic carbocycles. The van der Waals surface area contributed by atoms with E-state index >= 15 is 0 Å². The highest BCUT2D eigenvalue weighted by molar-refractivity contribution is 6.34. The predicted molar refractivity (Wildman–Crippen MR) is 113 cm³/mol. The molecule has 28 heavy (non-hydrogen) atoms. The normalized spacial score (nSPS) is 20.8. The fraction of sp³-hybridized carbons (Fsp3) is 0.409. The van der Waals surface area contributed by atoms with Gasteiger partial charge in [0.05, 0.1) is 25.3 Å². The van der Waals surface area contributed by atoms with Crippen molar-refractivity contribution in [3.63, 3.8) is 0 Å². The quantitative estimate of drug-likeness (QED) is 0.723. The second-order valence-electron chi connectivity index (χ2n) is 7.12. The van der Waals surface area contributed by atoms with Crippen LogP contribution in [-0.4, -0.2) is 44.1 Å². The number of fused-ring (bicyclic) bond motifs is 1. The molecule has 1 heterocycles. The molecule has 1 aliphatic heterocycles. The zero-order chi connectivity index (χ0) is 18.8. The first-order valence-electron chi connectivity index (χ1n) is 9.47. The molecule has 0 amide bonds. The standard InChI is InChI=1S/C22H24ClNO3.ClH/c1-26-19-10-9-18(23)20-16(19)7-8-17(22(20)25)21(15-5-3-2-4-6-15)24-11-13-27-14-12-24;/h2-6,9-10,17,21H,7-8,11-14H2,1H3;1H. The zero-order valence-electron chi connectivity index (χ0n) is 15.9. The molecule has 2 aliphatic rings. The molecule has 6 heteroatoms. The van der Waals surface area contributed by atoms with E-state index in [1.54, 1.807) is 13.2 Å². The number of ketones is 1. The first-order chi connectivity index (χ1) is 13.2. The van der Waals surface area contributed by atoms with Gasteiger partial charge in [-0.05, 0) is 30.5 Å². The van der Waals surface area contributed by atoms with Crippen LogP contribution in [0, 0.1) is 5.92 Å². The van der Waals surface area contributed by atoms with Gasteiger partial charge in [-0.2, -0.15) is 0 Å². The van der Waals surface area contributed by atoms with E-state index in [1.165, 1.54) is 5.56 Å². The third-order valence-electron chi connectivity index (χ3n) is 5.69. The largest absolute Gasteiger partial charge is 0.496 e. The van der Waals surface area contributed by atoms with Gasteiger partial charge in [0.2, 0.25) is 0 Å². The van der Waals surface area contributed by atoms with Crippen LogP contribution in [-0.2, 0) is 11.2 Å². The molecule has 4 nitrogen and oxygen atoms in total. The fourth-order valence-corrected chi connectivity index (χ4v) is 4.70. The maximum Gasteiger partial charge on any atom is 0.169 e. The Balaban J connectivity index is 0.00000225. The highest BCUT2D eigenvalue weighted by Gasteiger charge is 2.39. The number of hydrogen-bond acceptors (Lipinski definition) is 4. The molecule has 0 N–H and O–H groups in total. The number of rotatable bonds is 4. The number of nitrogens with zero attached hydrogens (tertiary/aromatic N) is 1. The van der Waals surface area contributed by atoms with Crippen LogP contribution in [0.15, 0.2) is 42.5 Å². The molecule has 2 unspecified atom stereocenters. The van der Waals surface area contributed by atoms with Crippen LogP contribution < -0.4 is 4.74 Å². The Bertz CT molecular complexity index is 822. The van der Waals surface area contributed by atoms with Crippen molar-refractivity contribution in [2.45, 2.75) is 18.9 Å². The minimum atomic E-state index is -0.123. The lowest BCUT2D eigenvalue weighted by Crippen LogP contribution is -2.44. The number of Topliss-reactive ketones (excluding diaryl/α,β-unsaturated/α-hetero) is 1.